The number of halogens is 1. The number of H-pyrrole nitrogens is 1. The first kappa shape index (κ1) is 23.9. The average molecular weight is 489 g/mol. The molecule has 1 aliphatic heterocycles. The summed E-state index contributed by atoms with van der Waals surface area (Å²) in [5.41, 5.74) is -0.243. The zero-order chi connectivity index (χ0) is 25.1. The van der Waals surface area contributed by atoms with Gasteiger partial charge in [-0.1, -0.05) is 91.0 Å². The Kier molecular flexibility index (Phi) is 6.65. The van der Waals surface area contributed by atoms with Gasteiger partial charge in [0.05, 0.1) is 18.9 Å². The Hall–Kier alpha value is -3.85. The summed E-state index contributed by atoms with van der Waals surface area (Å²) in [6.07, 6.45) is -1.89. The van der Waals surface area contributed by atoms with Crippen LogP contribution in [0.3, 0.4) is 0 Å². The number of hydrogen-bond donors (Lipinski definition) is 2. The van der Waals surface area contributed by atoms with E-state index in [4.69, 9.17) is 9.47 Å². The molecule has 0 bridgehead atoms. The van der Waals surface area contributed by atoms with E-state index in [0.29, 0.717) is 0 Å². The Bertz CT molecular complexity index is 1330. The van der Waals surface area contributed by atoms with Crippen molar-refractivity contribution in [2.45, 2.75) is 30.5 Å². The van der Waals surface area contributed by atoms with Crippen LogP contribution < -0.4 is 11.2 Å². The van der Waals surface area contributed by atoms with Crippen LogP contribution in [-0.2, 0) is 15.1 Å². The molecule has 0 radical (unpaired) electrons. The molecular weight excluding hydrogens is 463 g/mol. The normalized spacial score (nSPS) is 19.9. The summed E-state index contributed by atoms with van der Waals surface area (Å²) < 4.78 is 27.4. The molecule has 1 aliphatic rings. The van der Waals surface area contributed by atoms with Gasteiger partial charge in [0.2, 0.25) is 5.82 Å². The number of rotatable bonds is 7. The summed E-state index contributed by atoms with van der Waals surface area (Å²) in [5, 5.41) is 10.8. The fourth-order valence-corrected chi connectivity index (χ4v) is 4.69. The molecule has 36 heavy (non-hydrogen) atoms. The molecule has 3 atom stereocenters. The van der Waals surface area contributed by atoms with E-state index < -0.39 is 41.1 Å². The van der Waals surface area contributed by atoms with Gasteiger partial charge in [0, 0.05) is 6.42 Å². The first-order valence-electron chi connectivity index (χ1n) is 11.6. The van der Waals surface area contributed by atoms with Crippen LogP contribution in [0.4, 0.5) is 4.39 Å². The largest absolute Gasteiger partial charge is 0.390 e. The number of hydrogen-bond acceptors (Lipinski definition) is 5. The minimum atomic E-state index is -1.11. The van der Waals surface area contributed by atoms with Crippen molar-refractivity contribution in [1.29, 1.82) is 0 Å². The van der Waals surface area contributed by atoms with Crippen molar-refractivity contribution in [3.63, 3.8) is 0 Å². The Labute approximate surface area is 206 Å². The molecule has 4 aromatic rings. The van der Waals surface area contributed by atoms with E-state index in [1.165, 1.54) is 0 Å². The zero-order valence-electron chi connectivity index (χ0n) is 19.3. The smallest absolute Gasteiger partial charge is 0.330 e. The predicted molar refractivity (Wildman–Crippen MR) is 131 cm³/mol. The molecule has 2 heterocycles. The maximum Gasteiger partial charge on any atom is 0.330 e. The summed E-state index contributed by atoms with van der Waals surface area (Å²) in [7, 11) is 0. The molecule has 184 valence electrons. The molecule has 3 aromatic carbocycles. The number of nitrogens with zero attached hydrogens (tertiary/aromatic N) is 1. The van der Waals surface area contributed by atoms with Gasteiger partial charge in [-0.25, -0.2) is 4.79 Å². The minimum absolute atomic E-state index is 0.0169. The van der Waals surface area contributed by atoms with Crippen LogP contribution in [0.15, 0.2) is 107 Å². The summed E-state index contributed by atoms with van der Waals surface area (Å²) in [6.45, 7) is -0.0169. The van der Waals surface area contributed by atoms with E-state index in [9.17, 15) is 19.1 Å². The van der Waals surface area contributed by atoms with Crippen molar-refractivity contribution < 1.29 is 19.0 Å². The van der Waals surface area contributed by atoms with Gasteiger partial charge >= 0.3 is 5.69 Å². The van der Waals surface area contributed by atoms with Crippen molar-refractivity contribution in [1.82, 2.24) is 9.55 Å². The molecular formula is C28H25FN2O5. The lowest BCUT2D eigenvalue weighted by Gasteiger charge is -2.37. The molecule has 1 saturated heterocycles. The molecule has 7 nitrogen and oxygen atoms in total. The van der Waals surface area contributed by atoms with Crippen molar-refractivity contribution in [3.8, 4) is 0 Å². The number of aromatic nitrogens is 2. The monoisotopic (exact) mass is 488 g/mol. The molecule has 8 heteroatoms. The lowest BCUT2D eigenvalue weighted by atomic mass is 9.80. The number of ether oxygens (including phenoxy) is 2. The molecule has 3 unspecified atom stereocenters. The number of aromatic amines is 1. The third-order valence-corrected chi connectivity index (χ3v) is 6.44. The van der Waals surface area contributed by atoms with Crippen LogP contribution in [0.25, 0.3) is 0 Å². The molecule has 0 aliphatic carbocycles. The van der Waals surface area contributed by atoms with E-state index in [1.807, 2.05) is 96.0 Å². The molecule has 0 spiro atoms. The van der Waals surface area contributed by atoms with Gasteiger partial charge in [0.1, 0.15) is 17.9 Å². The SMILES string of the molecule is O=c1[nH]c(=O)n(C2CC(O)C(COC(c3ccccc3)(c3ccccc3)c3ccccc3)O2)cc1F. The van der Waals surface area contributed by atoms with Crippen LogP contribution in [0.2, 0.25) is 0 Å². The van der Waals surface area contributed by atoms with Gasteiger partial charge in [0.15, 0.2) is 0 Å². The van der Waals surface area contributed by atoms with Crippen LogP contribution in [-0.4, -0.2) is 33.5 Å². The van der Waals surface area contributed by atoms with Crippen molar-refractivity contribution in [2.75, 3.05) is 6.61 Å². The second-order valence-electron chi connectivity index (χ2n) is 8.67. The average Bonchev–Trinajstić information content (AvgIpc) is 3.28. The maximum absolute atomic E-state index is 13.8. The number of nitrogens with one attached hydrogen (secondary N) is 1. The van der Waals surface area contributed by atoms with Crippen molar-refractivity contribution in [2.24, 2.45) is 0 Å². The second kappa shape index (κ2) is 10.0. The van der Waals surface area contributed by atoms with Crippen LogP contribution in [0.5, 0.6) is 0 Å². The van der Waals surface area contributed by atoms with E-state index in [2.05, 4.69) is 0 Å². The predicted octanol–water partition coefficient (Wildman–Crippen LogP) is 3.33. The summed E-state index contributed by atoms with van der Waals surface area (Å²) >= 11 is 0. The van der Waals surface area contributed by atoms with Crippen LogP contribution in [0.1, 0.15) is 29.3 Å². The highest BCUT2D eigenvalue weighted by Crippen LogP contribution is 2.41. The molecule has 5 rings (SSSR count). The highest BCUT2D eigenvalue weighted by molar-refractivity contribution is 5.47. The Morgan fingerprint density at radius 3 is 1.92 bits per heavy atom. The summed E-state index contributed by atoms with van der Waals surface area (Å²) in [4.78, 5) is 25.5. The van der Waals surface area contributed by atoms with E-state index in [1.54, 1.807) is 0 Å². The van der Waals surface area contributed by atoms with Crippen molar-refractivity contribution >= 4 is 0 Å². The fraction of sp³-hybridized carbons (Fsp3) is 0.214. The van der Waals surface area contributed by atoms with Crippen molar-refractivity contribution in [3.05, 3.63) is 141 Å². The minimum Gasteiger partial charge on any atom is -0.390 e. The number of aliphatic hydroxyl groups excluding tert-OH is 1. The summed E-state index contributed by atoms with van der Waals surface area (Å²) in [6, 6.07) is 29.3. The van der Waals surface area contributed by atoms with Gasteiger partial charge in [-0.3, -0.25) is 14.3 Å². The lowest BCUT2D eigenvalue weighted by Crippen LogP contribution is -2.38. The highest BCUT2D eigenvalue weighted by Gasteiger charge is 2.42. The molecule has 1 fully saturated rings. The third kappa shape index (κ3) is 4.42. The first-order valence-corrected chi connectivity index (χ1v) is 11.6. The van der Waals surface area contributed by atoms with Crippen LogP contribution in [0, 0.1) is 5.82 Å². The topological polar surface area (TPSA) is 93.6 Å². The molecule has 0 saturated carbocycles. The highest BCUT2D eigenvalue weighted by atomic mass is 19.1. The summed E-state index contributed by atoms with van der Waals surface area (Å²) in [5.74, 6) is -1.11. The zero-order valence-corrected chi connectivity index (χ0v) is 19.3. The second-order valence-corrected chi connectivity index (χ2v) is 8.67. The quantitative estimate of drug-likeness (QED) is 0.389. The first-order chi connectivity index (χ1) is 17.5. The Morgan fingerprint density at radius 2 is 1.42 bits per heavy atom. The third-order valence-electron chi connectivity index (χ3n) is 6.44. The van der Waals surface area contributed by atoms with Gasteiger partial charge in [-0.15, -0.1) is 0 Å². The van der Waals surface area contributed by atoms with Gasteiger partial charge < -0.3 is 14.6 Å². The Morgan fingerprint density at radius 1 is 0.917 bits per heavy atom. The standard InChI is InChI=1S/C28H25FN2O5/c29-22-17-31(27(34)30-26(22)33)25-16-23(32)24(36-25)18-35-28(19-10-4-1-5-11-19,20-12-6-2-7-13-20)21-14-8-3-9-15-21/h1-15,17,23-25,32H,16,18H2,(H,30,33,34). The van der Waals surface area contributed by atoms with Gasteiger partial charge in [0.25, 0.3) is 5.56 Å². The fourth-order valence-electron chi connectivity index (χ4n) is 4.69. The van der Waals surface area contributed by atoms with Gasteiger partial charge in [-0.2, -0.15) is 4.39 Å². The van der Waals surface area contributed by atoms with E-state index in [-0.39, 0.29) is 13.0 Å². The molecule has 0 amide bonds. The lowest BCUT2D eigenvalue weighted by molar-refractivity contribution is -0.0945. The van der Waals surface area contributed by atoms with Gasteiger partial charge in [-0.05, 0) is 16.7 Å². The molecule has 1 aromatic heterocycles. The molecule has 2 N–H and O–H groups in total. The Balaban J connectivity index is 1.50. The van der Waals surface area contributed by atoms with E-state index >= 15 is 0 Å². The number of benzene rings is 3. The van der Waals surface area contributed by atoms with E-state index in [0.717, 1.165) is 27.5 Å². The van der Waals surface area contributed by atoms with Crippen LogP contribution >= 0.6 is 0 Å². The number of aliphatic hydroxyl groups is 1. The maximum atomic E-state index is 13.8.